The van der Waals surface area contributed by atoms with Gasteiger partial charge in [-0.25, -0.2) is 9.18 Å². The highest BCUT2D eigenvalue weighted by Gasteiger charge is 2.11. The maximum atomic E-state index is 13.9. The van der Waals surface area contributed by atoms with E-state index in [2.05, 4.69) is 14.9 Å². The van der Waals surface area contributed by atoms with Gasteiger partial charge < -0.3 is 13.9 Å². The van der Waals surface area contributed by atoms with E-state index in [1.165, 1.54) is 31.7 Å². The fourth-order valence-corrected chi connectivity index (χ4v) is 2.11. The second kappa shape index (κ2) is 6.91. The van der Waals surface area contributed by atoms with Crippen molar-refractivity contribution < 1.29 is 23.1 Å². The Morgan fingerprint density at radius 2 is 2.12 bits per heavy atom. The molecule has 6 nitrogen and oxygen atoms in total. The number of methoxy groups -OCH3 is 1. The molecule has 7 heteroatoms. The summed E-state index contributed by atoms with van der Waals surface area (Å²) in [5.41, 5.74) is 1.20. The summed E-state index contributed by atoms with van der Waals surface area (Å²) < 4.78 is 29.2. The molecule has 0 unspecified atom stereocenters. The van der Waals surface area contributed by atoms with Gasteiger partial charge in [-0.2, -0.15) is 0 Å². The lowest BCUT2D eigenvalue weighted by Gasteiger charge is -2.09. The maximum absolute atomic E-state index is 13.9. The zero-order valence-electron chi connectivity index (χ0n) is 12.7. The number of carbonyl (C=O) groups excluding carboxylic acids is 1. The number of halogens is 1. The number of hydrogen-bond donors (Lipinski definition) is 0. The summed E-state index contributed by atoms with van der Waals surface area (Å²) in [5, 5.41) is 7.43. The Labute approximate surface area is 136 Å². The number of ether oxygens (including phenoxy) is 2. The monoisotopic (exact) mass is 328 g/mol. The van der Waals surface area contributed by atoms with Crippen LogP contribution in [-0.4, -0.2) is 23.3 Å². The summed E-state index contributed by atoms with van der Waals surface area (Å²) >= 11 is 0. The third kappa shape index (κ3) is 3.40. The molecule has 3 rings (SSSR count). The minimum absolute atomic E-state index is 0.0377. The van der Waals surface area contributed by atoms with Crippen molar-refractivity contribution in [2.75, 3.05) is 7.11 Å². The van der Waals surface area contributed by atoms with Gasteiger partial charge in [0.2, 0.25) is 12.3 Å². The molecule has 0 aliphatic carbocycles. The SMILES string of the molecule is COC(=O)c1ccc(F)c(COc2cccc(-c3nnco3)c2)c1. The first-order chi connectivity index (χ1) is 11.7. The standard InChI is InChI=1S/C17H13FN2O4/c1-22-17(21)12-5-6-15(18)13(7-12)9-23-14-4-2-3-11(8-14)16-20-19-10-24-16/h2-8,10H,9H2,1H3. The molecule has 0 amide bonds. The molecule has 0 atom stereocenters. The summed E-state index contributed by atoms with van der Waals surface area (Å²) in [6.07, 6.45) is 1.23. The van der Waals surface area contributed by atoms with Crippen LogP contribution < -0.4 is 4.74 Å². The maximum Gasteiger partial charge on any atom is 0.337 e. The summed E-state index contributed by atoms with van der Waals surface area (Å²) in [5.74, 6) is -0.127. The third-order valence-electron chi connectivity index (χ3n) is 3.30. The van der Waals surface area contributed by atoms with E-state index in [1.54, 1.807) is 24.3 Å². The van der Waals surface area contributed by atoms with Crippen LogP contribution in [0.3, 0.4) is 0 Å². The molecule has 0 aliphatic heterocycles. The predicted octanol–water partition coefficient (Wildman–Crippen LogP) is 3.24. The van der Waals surface area contributed by atoms with E-state index in [4.69, 9.17) is 9.15 Å². The molecule has 24 heavy (non-hydrogen) atoms. The molecule has 0 saturated heterocycles. The molecule has 1 aromatic heterocycles. The van der Waals surface area contributed by atoms with Crippen LogP contribution in [0.15, 0.2) is 53.3 Å². The molecule has 3 aromatic rings. The van der Waals surface area contributed by atoms with Crippen molar-refractivity contribution in [3.63, 3.8) is 0 Å². The topological polar surface area (TPSA) is 74.5 Å². The van der Waals surface area contributed by atoms with Gasteiger partial charge in [0.1, 0.15) is 18.2 Å². The average molecular weight is 328 g/mol. The molecule has 0 radical (unpaired) electrons. The third-order valence-corrected chi connectivity index (χ3v) is 3.30. The van der Waals surface area contributed by atoms with Crippen LogP contribution in [0, 0.1) is 5.82 Å². The minimum Gasteiger partial charge on any atom is -0.489 e. The largest absolute Gasteiger partial charge is 0.489 e. The van der Waals surface area contributed by atoms with Gasteiger partial charge in [0.05, 0.1) is 12.7 Å². The molecule has 0 spiro atoms. The molecule has 0 aliphatic rings. The van der Waals surface area contributed by atoms with Crippen molar-refractivity contribution >= 4 is 5.97 Å². The van der Waals surface area contributed by atoms with Crippen LogP contribution in [0.2, 0.25) is 0 Å². The van der Waals surface area contributed by atoms with Gasteiger partial charge in [-0.3, -0.25) is 0 Å². The van der Waals surface area contributed by atoms with Gasteiger partial charge >= 0.3 is 5.97 Å². The van der Waals surface area contributed by atoms with Crippen molar-refractivity contribution in [1.29, 1.82) is 0 Å². The van der Waals surface area contributed by atoms with Crippen LogP contribution >= 0.6 is 0 Å². The predicted molar refractivity (Wildman–Crippen MR) is 81.8 cm³/mol. The van der Waals surface area contributed by atoms with Crippen molar-refractivity contribution in [2.45, 2.75) is 6.61 Å². The molecule has 1 heterocycles. The number of aromatic nitrogens is 2. The minimum atomic E-state index is -0.533. The van der Waals surface area contributed by atoms with Crippen molar-refractivity contribution in [2.24, 2.45) is 0 Å². The Balaban J connectivity index is 1.76. The Morgan fingerprint density at radius 3 is 2.88 bits per heavy atom. The summed E-state index contributed by atoms with van der Waals surface area (Å²) in [4.78, 5) is 11.5. The van der Waals surface area contributed by atoms with E-state index in [9.17, 15) is 9.18 Å². The second-order valence-electron chi connectivity index (χ2n) is 4.86. The summed E-state index contributed by atoms with van der Waals surface area (Å²) in [6, 6.07) is 11.0. The molecule has 2 aromatic carbocycles. The van der Waals surface area contributed by atoms with Crippen LogP contribution in [-0.2, 0) is 11.3 Å². The Hall–Kier alpha value is -3.22. The average Bonchev–Trinajstić information content (AvgIpc) is 3.15. The van der Waals surface area contributed by atoms with E-state index >= 15 is 0 Å². The zero-order valence-corrected chi connectivity index (χ0v) is 12.7. The van der Waals surface area contributed by atoms with Gasteiger partial charge in [0.15, 0.2) is 0 Å². The normalized spacial score (nSPS) is 10.4. The number of hydrogen-bond acceptors (Lipinski definition) is 6. The number of nitrogens with zero attached hydrogens (tertiary/aromatic N) is 2. The highest BCUT2D eigenvalue weighted by Crippen LogP contribution is 2.23. The van der Waals surface area contributed by atoms with E-state index in [0.29, 0.717) is 17.2 Å². The first-order valence-corrected chi connectivity index (χ1v) is 7.03. The van der Waals surface area contributed by atoms with Gasteiger partial charge in [-0.1, -0.05) is 6.07 Å². The number of rotatable bonds is 5. The molecular formula is C17H13FN2O4. The first-order valence-electron chi connectivity index (χ1n) is 7.03. The van der Waals surface area contributed by atoms with Crippen LogP contribution in [0.5, 0.6) is 5.75 Å². The van der Waals surface area contributed by atoms with Gasteiger partial charge in [-0.15, -0.1) is 10.2 Å². The molecule has 122 valence electrons. The van der Waals surface area contributed by atoms with Crippen LogP contribution in [0.1, 0.15) is 15.9 Å². The van der Waals surface area contributed by atoms with Gasteiger partial charge in [0.25, 0.3) is 0 Å². The fourth-order valence-electron chi connectivity index (χ4n) is 2.11. The van der Waals surface area contributed by atoms with E-state index in [-0.39, 0.29) is 17.7 Å². The zero-order chi connectivity index (χ0) is 16.9. The van der Waals surface area contributed by atoms with Gasteiger partial charge in [-0.05, 0) is 36.4 Å². The Bertz CT molecular complexity index is 850. The molecule has 0 N–H and O–H groups in total. The molecular weight excluding hydrogens is 315 g/mol. The Morgan fingerprint density at radius 1 is 1.25 bits per heavy atom. The molecule has 0 bridgehead atoms. The quantitative estimate of drug-likeness (QED) is 0.669. The van der Waals surface area contributed by atoms with Crippen molar-refractivity contribution in [1.82, 2.24) is 10.2 Å². The van der Waals surface area contributed by atoms with E-state index in [0.717, 1.165) is 0 Å². The smallest absolute Gasteiger partial charge is 0.337 e. The lowest BCUT2D eigenvalue weighted by atomic mass is 10.1. The van der Waals surface area contributed by atoms with Gasteiger partial charge in [0, 0.05) is 11.1 Å². The van der Waals surface area contributed by atoms with Crippen molar-refractivity contribution in [3.05, 3.63) is 65.8 Å². The van der Waals surface area contributed by atoms with Crippen LogP contribution in [0.4, 0.5) is 4.39 Å². The molecule has 0 fully saturated rings. The van der Waals surface area contributed by atoms with Crippen molar-refractivity contribution in [3.8, 4) is 17.2 Å². The number of carbonyl (C=O) groups is 1. The lowest BCUT2D eigenvalue weighted by Crippen LogP contribution is -2.05. The van der Waals surface area contributed by atoms with E-state index in [1.807, 2.05) is 0 Å². The highest BCUT2D eigenvalue weighted by atomic mass is 19.1. The summed E-state index contributed by atoms with van der Waals surface area (Å²) in [7, 11) is 1.27. The number of benzene rings is 2. The number of esters is 1. The summed E-state index contributed by atoms with van der Waals surface area (Å²) in [6.45, 7) is -0.0377. The van der Waals surface area contributed by atoms with E-state index < -0.39 is 11.8 Å². The fraction of sp³-hybridized carbons (Fsp3) is 0.118. The highest BCUT2D eigenvalue weighted by molar-refractivity contribution is 5.89. The second-order valence-corrected chi connectivity index (χ2v) is 4.86. The lowest BCUT2D eigenvalue weighted by molar-refractivity contribution is 0.0600. The Kier molecular flexibility index (Phi) is 4.51. The first kappa shape index (κ1) is 15.7. The van der Waals surface area contributed by atoms with Crippen LogP contribution in [0.25, 0.3) is 11.5 Å². The molecule has 0 saturated carbocycles.